The quantitative estimate of drug-likeness (QED) is 0.809. The summed E-state index contributed by atoms with van der Waals surface area (Å²) in [6.45, 7) is 4.71. The molecule has 0 amide bonds. The van der Waals surface area contributed by atoms with Gasteiger partial charge < -0.3 is 4.57 Å². The van der Waals surface area contributed by atoms with Crippen molar-refractivity contribution in [3.05, 3.63) is 29.6 Å². The molecule has 0 saturated carbocycles. The monoisotopic (exact) mass is 284 g/mol. The highest BCUT2D eigenvalue weighted by molar-refractivity contribution is 7.84. The fraction of sp³-hybridized carbons (Fsp3) is 0.462. The summed E-state index contributed by atoms with van der Waals surface area (Å²) < 4.78 is 13.6. The molecule has 2 unspecified atom stereocenters. The molecular weight excluding hydrogens is 268 g/mol. The Balaban J connectivity index is 2.54. The largest absolute Gasteiger partial charge is 0.326 e. The van der Waals surface area contributed by atoms with E-state index in [1.54, 1.807) is 6.26 Å². The second kappa shape index (κ2) is 5.41. The summed E-state index contributed by atoms with van der Waals surface area (Å²) in [7, 11) is -0.845. The number of hydrogen-bond acceptors (Lipinski definition) is 2. The fourth-order valence-corrected chi connectivity index (χ4v) is 2.57. The molecule has 98 valence electrons. The van der Waals surface area contributed by atoms with Crippen LogP contribution in [0.5, 0.6) is 0 Å². The van der Waals surface area contributed by atoms with E-state index in [9.17, 15) is 4.21 Å². The van der Waals surface area contributed by atoms with Crippen LogP contribution in [0.3, 0.4) is 0 Å². The number of hydrogen-bond donors (Lipinski definition) is 0. The van der Waals surface area contributed by atoms with Gasteiger partial charge in [0.25, 0.3) is 0 Å². The van der Waals surface area contributed by atoms with E-state index in [4.69, 9.17) is 11.6 Å². The van der Waals surface area contributed by atoms with Crippen LogP contribution >= 0.6 is 11.6 Å². The Morgan fingerprint density at radius 3 is 2.83 bits per heavy atom. The first-order chi connectivity index (χ1) is 8.54. The number of fused-ring (bicyclic) bond motifs is 1. The number of nitrogens with zero attached hydrogens (tertiary/aromatic N) is 2. The fourth-order valence-electron chi connectivity index (χ4n) is 2.00. The molecule has 1 aromatic carbocycles. The second-order valence-corrected chi connectivity index (χ2v) is 6.59. The van der Waals surface area contributed by atoms with Crippen molar-refractivity contribution >= 4 is 33.4 Å². The molecule has 18 heavy (non-hydrogen) atoms. The molecule has 2 atom stereocenters. The third-order valence-electron chi connectivity index (χ3n) is 3.19. The maximum absolute atomic E-state index is 11.5. The standard InChI is InChI=1S/C13H17ClN2OS/c1-9-5-4-6-11-13(9)15-12(7-14)16(11)8-10(2)18(3)17/h4-6,10H,7-8H2,1-3H3. The van der Waals surface area contributed by atoms with Gasteiger partial charge in [0, 0.05) is 28.9 Å². The minimum atomic E-state index is -0.845. The van der Waals surface area contributed by atoms with E-state index >= 15 is 0 Å². The first-order valence-electron chi connectivity index (χ1n) is 5.87. The van der Waals surface area contributed by atoms with Gasteiger partial charge in [0.2, 0.25) is 0 Å². The maximum atomic E-state index is 11.5. The van der Waals surface area contributed by atoms with Gasteiger partial charge in [-0.15, -0.1) is 11.6 Å². The van der Waals surface area contributed by atoms with E-state index in [1.807, 2.05) is 32.0 Å². The van der Waals surface area contributed by atoms with E-state index in [1.165, 1.54) is 0 Å². The third-order valence-corrected chi connectivity index (χ3v) is 4.71. The van der Waals surface area contributed by atoms with Gasteiger partial charge in [0.15, 0.2) is 0 Å². The molecule has 0 bridgehead atoms. The summed E-state index contributed by atoms with van der Waals surface area (Å²) in [4.78, 5) is 4.58. The number of alkyl halides is 1. The predicted molar refractivity (Wildman–Crippen MR) is 77.6 cm³/mol. The van der Waals surface area contributed by atoms with Crippen molar-refractivity contribution < 1.29 is 4.21 Å². The summed E-state index contributed by atoms with van der Waals surface area (Å²) in [6.07, 6.45) is 1.73. The number of aromatic nitrogens is 2. The molecule has 0 N–H and O–H groups in total. The minimum Gasteiger partial charge on any atom is -0.326 e. The highest BCUT2D eigenvalue weighted by Gasteiger charge is 2.15. The zero-order valence-corrected chi connectivity index (χ0v) is 12.4. The lowest BCUT2D eigenvalue weighted by atomic mass is 10.2. The molecule has 0 aliphatic rings. The normalized spacial score (nSPS) is 14.9. The van der Waals surface area contributed by atoms with Crippen molar-refractivity contribution in [1.82, 2.24) is 9.55 Å². The van der Waals surface area contributed by atoms with Crippen molar-refractivity contribution in [2.45, 2.75) is 31.5 Å². The van der Waals surface area contributed by atoms with Gasteiger partial charge in [0.05, 0.1) is 16.9 Å². The van der Waals surface area contributed by atoms with Crippen molar-refractivity contribution in [2.24, 2.45) is 0 Å². The lowest BCUT2D eigenvalue weighted by Crippen LogP contribution is -2.18. The lowest BCUT2D eigenvalue weighted by molar-refractivity contribution is 0.641. The highest BCUT2D eigenvalue weighted by Crippen LogP contribution is 2.21. The summed E-state index contributed by atoms with van der Waals surface area (Å²) in [6, 6.07) is 6.09. The minimum absolute atomic E-state index is 0.0879. The van der Waals surface area contributed by atoms with Gasteiger partial charge in [0.1, 0.15) is 5.82 Å². The van der Waals surface area contributed by atoms with Gasteiger partial charge in [-0.2, -0.15) is 0 Å². The molecule has 0 radical (unpaired) electrons. The molecule has 0 spiro atoms. The van der Waals surface area contributed by atoms with Crippen LogP contribution in [0, 0.1) is 6.92 Å². The summed E-state index contributed by atoms with van der Waals surface area (Å²) in [5.41, 5.74) is 3.20. The molecular formula is C13H17ClN2OS. The van der Waals surface area contributed by atoms with Crippen LogP contribution in [0.2, 0.25) is 0 Å². The van der Waals surface area contributed by atoms with Crippen LogP contribution in [-0.2, 0) is 23.2 Å². The van der Waals surface area contributed by atoms with Gasteiger partial charge >= 0.3 is 0 Å². The van der Waals surface area contributed by atoms with Crippen LogP contribution in [-0.4, -0.2) is 25.3 Å². The summed E-state index contributed by atoms with van der Waals surface area (Å²) in [5, 5.41) is 0.0879. The number of aryl methyl sites for hydroxylation is 1. The van der Waals surface area contributed by atoms with Crippen LogP contribution in [0.25, 0.3) is 11.0 Å². The average Bonchev–Trinajstić information content (AvgIpc) is 2.69. The number of halogens is 1. The van der Waals surface area contributed by atoms with E-state index in [2.05, 4.69) is 9.55 Å². The highest BCUT2D eigenvalue weighted by atomic mass is 35.5. The topological polar surface area (TPSA) is 34.9 Å². The van der Waals surface area contributed by atoms with Crippen LogP contribution in [0.4, 0.5) is 0 Å². The van der Waals surface area contributed by atoms with Crippen LogP contribution in [0.1, 0.15) is 18.3 Å². The number of para-hydroxylation sites is 1. The summed E-state index contributed by atoms with van der Waals surface area (Å²) in [5.74, 6) is 1.22. The zero-order valence-electron chi connectivity index (χ0n) is 10.8. The predicted octanol–water partition coefficient (Wildman–Crippen LogP) is 2.85. The SMILES string of the molecule is Cc1cccc2c1nc(CCl)n2CC(C)S(C)=O. The van der Waals surface area contributed by atoms with E-state index in [0.717, 1.165) is 22.4 Å². The Morgan fingerprint density at radius 2 is 2.22 bits per heavy atom. The Bertz CT molecular complexity index is 594. The lowest BCUT2D eigenvalue weighted by Gasteiger charge is -2.12. The Labute approximate surface area is 115 Å². The molecule has 1 aromatic heterocycles. The molecule has 3 nitrogen and oxygen atoms in total. The zero-order chi connectivity index (χ0) is 13.3. The van der Waals surface area contributed by atoms with E-state index < -0.39 is 10.8 Å². The van der Waals surface area contributed by atoms with Gasteiger partial charge in [-0.25, -0.2) is 4.98 Å². The summed E-state index contributed by atoms with van der Waals surface area (Å²) >= 11 is 5.96. The smallest absolute Gasteiger partial charge is 0.124 e. The molecule has 0 saturated heterocycles. The Kier molecular flexibility index (Phi) is 4.07. The van der Waals surface area contributed by atoms with Crippen molar-refractivity contribution in [3.63, 3.8) is 0 Å². The molecule has 0 aliphatic carbocycles. The van der Waals surface area contributed by atoms with E-state index in [0.29, 0.717) is 12.4 Å². The van der Waals surface area contributed by atoms with Crippen LogP contribution in [0.15, 0.2) is 18.2 Å². The molecule has 0 aliphatic heterocycles. The van der Waals surface area contributed by atoms with Crippen molar-refractivity contribution in [2.75, 3.05) is 6.26 Å². The molecule has 2 aromatic rings. The van der Waals surface area contributed by atoms with Gasteiger partial charge in [-0.3, -0.25) is 4.21 Å². The number of rotatable bonds is 4. The molecule has 1 heterocycles. The number of benzene rings is 1. The van der Waals surface area contributed by atoms with Crippen LogP contribution < -0.4 is 0 Å². The van der Waals surface area contributed by atoms with Gasteiger partial charge in [-0.1, -0.05) is 12.1 Å². The molecule has 5 heteroatoms. The van der Waals surface area contributed by atoms with Crippen molar-refractivity contribution in [1.29, 1.82) is 0 Å². The second-order valence-electron chi connectivity index (χ2n) is 4.52. The molecule has 0 fully saturated rings. The molecule has 2 rings (SSSR count). The average molecular weight is 285 g/mol. The van der Waals surface area contributed by atoms with Gasteiger partial charge in [-0.05, 0) is 25.5 Å². The third kappa shape index (κ3) is 2.45. The van der Waals surface area contributed by atoms with Crippen molar-refractivity contribution in [3.8, 4) is 0 Å². The van der Waals surface area contributed by atoms with E-state index in [-0.39, 0.29) is 5.25 Å². The first-order valence-corrected chi connectivity index (χ1v) is 8.03. The Morgan fingerprint density at radius 1 is 1.50 bits per heavy atom. The first kappa shape index (κ1) is 13.6. The maximum Gasteiger partial charge on any atom is 0.124 e. The number of imidazole rings is 1. The Hall–Kier alpha value is -0.870.